The summed E-state index contributed by atoms with van der Waals surface area (Å²) in [5, 5.41) is 2.18. The summed E-state index contributed by atoms with van der Waals surface area (Å²) < 4.78 is 57.4. The van der Waals surface area contributed by atoms with E-state index < -0.39 is 29.6 Å². The Morgan fingerprint density at radius 1 is 1.30 bits per heavy atom. The molecule has 0 bridgehead atoms. The average molecular weight is 336 g/mol. The number of nitrogens with two attached hydrogens (primary N) is 1. The number of carbonyl (C=O) groups excluding carboxylic acids is 1. The minimum atomic E-state index is -4.61. The number of alkyl halides is 4. The lowest BCUT2D eigenvalue weighted by atomic mass is 10.0. The lowest BCUT2D eigenvalue weighted by Crippen LogP contribution is -2.27. The highest BCUT2D eigenvalue weighted by Gasteiger charge is 2.32. The number of amides is 1. The largest absolute Gasteiger partial charge is 0.444 e. The number of anilines is 1. The molecule has 3 N–H and O–H groups in total. The van der Waals surface area contributed by atoms with E-state index in [4.69, 9.17) is 10.5 Å². The highest BCUT2D eigenvalue weighted by atomic mass is 19.4. The number of carbonyl (C=O) groups is 1. The van der Waals surface area contributed by atoms with Gasteiger partial charge in [-0.3, -0.25) is 5.32 Å². The van der Waals surface area contributed by atoms with Crippen LogP contribution in [0.1, 0.15) is 44.5 Å². The fourth-order valence-corrected chi connectivity index (χ4v) is 1.83. The van der Waals surface area contributed by atoms with E-state index in [0.29, 0.717) is 6.07 Å². The number of ether oxygens (including phenoxy) is 1. The van der Waals surface area contributed by atoms with Crippen molar-refractivity contribution in [2.24, 2.45) is 5.73 Å². The van der Waals surface area contributed by atoms with Crippen LogP contribution in [0.5, 0.6) is 0 Å². The second kappa shape index (κ2) is 7.16. The third-order valence-electron chi connectivity index (χ3n) is 2.77. The number of hydrogen-bond acceptors (Lipinski definition) is 3. The van der Waals surface area contributed by atoms with Crippen LogP contribution in [0.2, 0.25) is 0 Å². The molecule has 1 atom stereocenters. The molecule has 0 aliphatic heterocycles. The molecule has 0 fully saturated rings. The summed E-state index contributed by atoms with van der Waals surface area (Å²) in [6.07, 6.45) is -7.23. The zero-order valence-electron chi connectivity index (χ0n) is 13.1. The first-order valence-corrected chi connectivity index (χ1v) is 6.99. The van der Waals surface area contributed by atoms with Gasteiger partial charge in [0.25, 0.3) is 0 Å². The highest BCUT2D eigenvalue weighted by Crippen LogP contribution is 2.35. The molecule has 23 heavy (non-hydrogen) atoms. The highest BCUT2D eigenvalue weighted by molar-refractivity contribution is 5.86. The Labute approximate surface area is 132 Å². The normalized spacial score (nSPS) is 13.6. The van der Waals surface area contributed by atoms with Gasteiger partial charge in [-0.25, -0.2) is 9.18 Å². The molecule has 1 unspecified atom stereocenters. The Kier molecular flexibility index (Phi) is 5.98. The SMILES string of the molecule is CC(C)(C)OC(=O)Nc1cc(C(F)(F)F)ccc1C(F)CCN. The van der Waals surface area contributed by atoms with Gasteiger partial charge >= 0.3 is 12.3 Å². The first-order chi connectivity index (χ1) is 10.4. The number of nitrogens with one attached hydrogen (secondary N) is 1. The van der Waals surface area contributed by atoms with Crippen LogP contribution in [0.4, 0.5) is 28.0 Å². The van der Waals surface area contributed by atoms with Crippen molar-refractivity contribution >= 4 is 11.8 Å². The van der Waals surface area contributed by atoms with Crippen LogP contribution in [0.25, 0.3) is 0 Å². The molecule has 8 heteroatoms. The minimum absolute atomic E-state index is 0.0219. The summed E-state index contributed by atoms with van der Waals surface area (Å²) in [7, 11) is 0. The molecule has 0 aliphatic rings. The van der Waals surface area contributed by atoms with Gasteiger partial charge in [0.2, 0.25) is 0 Å². The Morgan fingerprint density at radius 3 is 2.39 bits per heavy atom. The Bertz CT molecular complexity index is 553. The van der Waals surface area contributed by atoms with E-state index in [1.54, 1.807) is 20.8 Å². The van der Waals surface area contributed by atoms with E-state index in [9.17, 15) is 22.4 Å². The second-order valence-electron chi connectivity index (χ2n) is 5.97. The van der Waals surface area contributed by atoms with Gasteiger partial charge in [0, 0.05) is 5.56 Å². The molecular weight excluding hydrogens is 316 g/mol. The van der Waals surface area contributed by atoms with Crippen molar-refractivity contribution in [1.82, 2.24) is 0 Å². The topological polar surface area (TPSA) is 64.3 Å². The maximum atomic E-state index is 14.1. The maximum absolute atomic E-state index is 14.1. The zero-order valence-corrected chi connectivity index (χ0v) is 13.1. The first kappa shape index (κ1) is 19.2. The van der Waals surface area contributed by atoms with Crippen molar-refractivity contribution in [2.75, 3.05) is 11.9 Å². The number of hydrogen-bond donors (Lipinski definition) is 2. The van der Waals surface area contributed by atoms with E-state index in [2.05, 4.69) is 5.32 Å². The van der Waals surface area contributed by atoms with Crippen molar-refractivity contribution in [3.8, 4) is 0 Å². The Morgan fingerprint density at radius 2 is 1.91 bits per heavy atom. The molecule has 1 amide bonds. The summed E-state index contributed by atoms with van der Waals surface area (Å²) in [5.74, 6) is 0. The average Bonchev–Trinajstić information content (AvgIpc) is 2.35. The van der Waals surface area contributed by atoms with Crippen LogP contribution in [-0.2, 0) is 10.9 Å². The van der Waals surface area contributed by atoms with Gasteiger partial charge in [-0.05, 0) is 45.9 Å². The van der Waals surface area contributed by atoms with Crippen molar-refractivity contribution in [3.05, 3.63) is 29.3 Å². The number of halogens is 4. The molecule has 4 nitrogen and oxygen atoms in total. The lowest BCUT2D eigenvalue weighted by Gasteiger charge is -2.21. The van der Waals surface area contributed by atoms with E-state index in [0.717, 1.165) is 12.1 Å². The predicted octanol–water partition coefficient (Wildman–Crippen LogP) is 4.41. The van der Waals surface area contributed by atoms with E-state index >= 15 is 0 Å². The molecule has 0 spiro atoms. The van der Waals surface area contributed by atoms with Crippen molar-refractivity contribution in [3.63, 3.8) is 0 Å². The summed E-state index contributed by atoms with van der Waals surface area (Å²) in [5.41, 5.74) is 3.08. The molecule has 1 rings (SSSR count). The minimum Gasteiger partial charge on any atom is -0.444 e. The molecule has 0 radical (unpaired) electrons. The number of benzene rings is 1. The smallest absolute Gasteiger partial charge is 0.416 e. The van der Waals surface area contributed by atoms with Crippen LogP contribution < -0.4 is 11.1 Å². The number of rotatable bonds is 4. The van der Waals surface area contributed by atoms with Crippen LogP contribution in [0, 0.1) is 0 Å². The summed E-state index contributed by atoms with van der Waals surface area (Å²) in [6.45, 7) is 4.83. The fraction of sp³-hybridized carbons (Fsp3) is 0.533. The van der Waals surface area contributed by atoms with Gasteiger partial charge in [-0.15, -0.1) is 0 Å². The van der Waals surface area contributed by atoms with Gasteiger partial charge in [-0.1, -0.05) is 6.07 Å². The van der Waals surface area contributed by atoms with Crippen LogP contribution in [-0.4, -0.2) is 18.2 Å². The Balaban J connectivity index is 3.15. The van der Waals surface area contributed by atoms with Gasteiger partial charge in [-0.2, -0.15) is 13.2 Å². The van der Waals surface area contributed by atoms with Crippen molar-refractivity contribution in [1.29, 1.82) is 0 Å². The predicted molar refractivity (Wildman–Crippen MR) is 78.8 cm³/mol. The zero-order chi connectivity index (χ0) is 17.8. The molecule has 0 saturated heterocycles. The summed E-state index contributed by atoms with van der Waals surface area (Å²) >= 11 is 0. The monoisotopic (exact) mass is 336 g/mol. The molecule has 130 valence electrons. The molecule has 0 heterocycles. The Hall–Kier alpha value is -1.83. The molecule has 1 aromatic carbocycles. The van der Waals surface area contributed by atoms with Crippen molar-refractivity contribution in [2.45, 2.75) is 45.1 Å². The van der Waals surface area contributed by atoms with E-state index in [1.807, 2.05) is 0 Å². The van der Waals surface area contributed by atoms with E-state index in [-0.39, 0.29) is 24.2 Å². The quantitative estimate of drug-likeness (QED) is 0.801. The maximum Gasteiger partial charge on any atom is 0.416 e. The lowest BCUT2D eigenvalue weighted by molar-refractivity contribution is -0.137. The molecular formula is C15H20F4N2O2. The van der Waals surface area contributed by atoms with Gasteiger partial charge in [0.05, 0.1) is 11.3 Å². The first-order valence-electron chi connectivity index (χ1n) is 6.99. The fourth-order valence-electron chi connectivity index (χ4n) is 1.83. The van der Waals surface area contributed by atoms with Crippen molar-refractivity contribution < 1.29 is 27.1 Å². The summed E-state index contributed by atoms with van der Waals surface area (Å²) in [4.78, 5) is 11.8. The van der Waals surface area contributed by atoms with E-state index in [1.165, 1.54) is 0 Å². The molecule has 0 aliphatic carbocycles. The molecule has 0 aromatic heterocycles. The third kappa shape index (κ3) is 6.05. The van der Waals surface area contributed by atoms with Crippen LogP contribution >= 0.6 is 0 Å². The van der Waals surface area contributed by atoms with Crippen LogP contribution in [0.3, 0.4) is 0 Å². The van der Waals surface area contributed by atoms with Gasteiger partial charge < -0.3 is 10.5 Å². The second-order valence-corrected chi connectivity index (χ2v) is 5.97. The molecule has 0 saturated carbocycles. The standard InChI is InChI=1S/C15H20F4N2O2/c1-14(2,3)23-13(22)21-12-8-9(15(17,18)19)4-5-10(12)11(16)6-7-20/h4-5,8,11H,6-7,20H2,1-3H3,(H,21,22). The van der Waals surface area contributed by atoms with Gasteiger partial charge in [0.15, 0.2) is 0 Å². The van der Waals surface area contributed by atoms with Crippen LogP contribution in [0.15, 0.2) is 18.2 Å². The van der Waals surface area contributed by atoms with Gasteiger partial charge in [0.1, 0.15) is 11.8 Å². The summed E-state index contributed by atoms with van der Waals surface area (Å²) in [6, 6.07) is 2.44. The molecule has 1 aromatic rings. The third-order valence-corrected chi connectivity index (χ3v) is 2.77.